The molecule has 92 valence electrons. The third kappa shape index (κ3) is 2.25. The number of hydrogen-bond acceptors (Lipinski definition) is 3. The van der Waals surface area contributed by atoms with Crippen LogP contribution in [0.3, 0.4) is 0 Å². The van der Waals surface area contributed by atoms with Crippen LogP contribution < -0.4 is 15.4 Å². The van der Waals surface area contributed by atoms with Gasteiger partial charge in [0.25, 0.3) is 0 Å². The van der Waals surface area contributed by atoms with Gasteiger partial charge in [0.05, 0.1) is 6.61 Å². The van der Waals surface area contributed by atoms with Crippen LogP contribution in [-0.4, -0.2) is 25.7 Å². The molecule has 0 atom stereocenters. The molecule has 1 aliphatic carbocycles. The minimum Gasteiger partial charge on any atom is -0.493 e. The zero-order chi connectivity index (χ0) is 11.9. The molecule has 3 heteroatoms. The molecule has 2 aliphatic rings. The zero-order valence-electron chi connectivity index (χ0n) is 10.4. The van der Waals surface area contributed by atoms with Crippen LogP contribution in [-0.2, 0) is 6.42 Å². The number of fused-ring (bicyclic) bond motifs is 1. The van der Waals surface area contributed by atoms with Crippen molar-refractivity contribution in [1.29, 1.82) is 0 Å². The molecule has 1 aromatic carbocycles. The van der Waals surface area contributed by atoms with Gasteiger partial charge in [0.15, 0.2) is 0 Å². The Labute approximate surface area is 103 Å². The Bertz CT molecular complexity index is 426. The second-order valence-corrected chi connectivity index (χ2v) is 5.46. The van der Waals surface area contributed by atoms with Gasteiger partial charge in [-0.2, -0.15) is 0 Å². The van der Waals surface area contributed by atoms with Crippen LogP contribution in [0.25, 0.3) is 0 Å². The molecular weight excluding hydrogens is 212 g/mol. The van der Waals surface area contributed by atoms with E-state index < -0.39 is 0 Å². The lowest BCUT2D eigenvalue weighted by Gasteiger charge is -2.25. The third-order valence-corrected chi connectivity index (χ3v) is 3.78. The predicted octanol–water partition coefficient (Wildman–Crippen LogP) is 1.94. The van der Waals surface area contributed by atoms with E-state index in [1.54, 1.807) is 0 Å². The van der Waals surface area contributed by atoms with Crippen molar-refractivity contribution in [3.05, 3.63) is 23.8 Å². The number of hydrogen-bond donors (Lipinski definition) is 1. The van der Waals surface area contributed by atoms with Crippen molar-refractivity contribution in [2.75, 3.05) is 25.1 Å². The van der Waals surface area contributed by atoms with E-state index in [9.17, 15) is 0 Å². The Hall–Kier alpha value is -1.22. The highest BCUT2D eigenvalue weighted by Crippen LogP contribution is 2.35. The van der Waals surface area contributed by atoms with E-state index in [2.05, 4.69) is 30.1 Å². The molecule has 0 bridgehead atoms. The average molecular weight is 232 g/mol. The number of rotatable bonds is 3. The molecule has 3 rings (SSSR count). The molecule has 1 aliphatic heterocycles. The van der Waals surface area contributed by atoms with Crippen LogP contribution in [0.4, 0.5) is 5.69 Å². The van der Waals surface area contributed by atoms with Gasteiger partial charge < -0.3 is 15.4 Å². The molecule has 0 radical (unpaired) electrons. The van der Waals surface area contributed by atoms with Crippen molar-refractivity contribution in [2.24, 2.45) is 5.73 Å². The van der Waals surface area contributed by atoms with Gasteiger partial charge in [0.2, 0.25) is 0 Å². The van der Waals surface area contributed by atoms with Gasteiger partial charge in [-0.15, -0.1) is 0 Å². The van der Waals surface area contributed by atoms with Crippen LogP contribution in [0.1, 0.15) is 24.8 Å². The summed E-state index contributed by atoms with van der Waals surface area (Å²) in [6.45, 7) is 1.81. The molecule has 1 aromatic rings. The number of nitrogens with two attached hydrogens (primary N) is 1. The first-order chi connectivity index (χ1) is 8.16. The van der Waals surface area contributed by atoms with E-state index in [4.69, 9.17) is 10.5 Å². The van der Waals surface area contributed by atoms with Crippen molar-refractivity contribution in [3.63, 3.8) is 0 Å². The summed E-state index contributed by atoms with van der Waals surface area (Å²) in [5.41, 5.74) is 8.82. The fraction of sp³-hybridized carbons (Fsp3) is 0.571. The van der Waals surface area contributed by atoms with E-state index in [1.807, 2.05) is 0 Å². The van der Waals surface area contributed by atoms with E-state index in [1.165, 1.54) is 11.3 Å². The molecule has 0 spiro atoms. The van der Waals surface area contributed by atoms with Gasteiger partial charge in [0, 0.05) is 24.8 Å². The lowest BCUT2D eigenvalue weighted by molar-refractivity contribution is 0.288. The maximum absolute atomic E-state index is 6.16. The maximum atomic E-state index is 6.16. The third-order valence-electron chi connectivity index (χ3n) is 3.78. The van der Waals surface area contributed by atoms with E-state index in [0.717, 1.165) is 44.6 Å². The standard InChI is InChI=1S/C14H20N2O/c1-16(10-14(15)6-7-14)12-4-5-13-11(9-12)3-2-8-17-13/h4-5,9H,2-3,6-8,10,15H2,1H3. The molecule has 1 fully saturated rings. The molecule has 0 saturated heterocycles. The summed E-state index contributed by atoms with van der Waals surface area (Å²) < 4.78 is 5.63. The Morgan fingerprint density at radius 2 is 2.24 bits per heavy atom. The molecule has 3 nitrogen and oxygen atoms in total. The smallest absolute Gasteiger partial charge is 0.122 e. The second-order valence-electron chi connectivity index (χ2n) is 5.46. The number of aryl methyl sites for hydroxylation is 1. The minimum atomic E-state index is 0.0706. The van der Waals surface area contributed by atoms with Crippen molar-refractivity contribution >= 4 is 5.69 Å². The van der Waals surface area contributed by atoms with Gasteiger partial charge in [-0.05, 0) is 49.4 Å². The van der Waals surface area contributed by atoms with Crippen molar-refractivity contribution < 1.29 is 4.74 Å². The summed E-state index contributed by atoms with van der Waals surface area (Å²) in [6.07, 6.45) is 4.57. The first-order valence-electron chi connectivity index (χ1n) is 6.42. The Balaban J connectivity index is 1.78. The van der Waals surface area contributed by atoms with Crippen LogP contribution >= 0.6 is 0 Å². The lowest BCUT2D eigenvalue weighted by atomic mass is 10.1. The van der Waals surface area contributed by atoms with Crippen LogP contribution in [0.2, 0.25) is 0 Å². The molecule has 17 heavy (non-hydrogen) atoms. The molecule has 0 unspecified atom stereocenters. The number of anilines is 1. The topological polar surface area (TPSA) is 38.5 Å². The van der Waals surface area contributed by atoms with Crippen molar-refractivity contribution in [2.45, 2.75) is 31.2 Å². The van der Waals surface area contributed by atoms with Gasteiger partial charge in [0.1, 0.15) is 5.75 Å². The quantitative estimate of drug-likeness (QED) is 0.865. The van der Waals surface area contributed by atoms with Crippen molar-refractivity contribution in [3.8, 4) is 5.75 Å². The summed E-state index contributed by atoms with van der Waals surface area (Å²) in [5, 5.41) is 0. The highest BCUT2D eigenvalue weighted by Gasteiger charge is 2.39. The fourth-order valence-electron chi connectivity index (χ4n) is 2.47. The van der Waals surface area contributed by atoms with Gasteiger partial charge in [-0.25, -0.2) is 0 Å². The largest absolute Gasteiger partial charge is 0.493 e. The number of ether oxygens (including phenoxy) is 1. The second kappa shape index (κ2) is 3.91. The lowest BCUT2D eigenvalue weighted by Crippen LogP contribution is -2.37. The molecule has 0 amide bonds. The zero-order valence-corrected chi connectivity index (χ0v) is 10.4. The van der Waals surface area contributed by atoms with E-state index >= 15 is 0 Å². The van der Waals surface area contributed by atoms with Crippen LogP contribution in [0.5, 0.6) is 5.75 Å². The Kier molecular flexibility index (Phi) is 2.51. The fourth-order valence-corrected chi connectivity index (χ4v) is 2.47. The summed E-state index contributed by atoms with van der Waals surface area (Å²) >= 11 is 0. The summed E-state index contributed by atoms with van der Waals surface area (Å²) in [5.74, 6) is 1.06. The SMILES string of the molecule is CN(CC1(N)CC1)c1ccc2c(c1)CCCO2. The normalized spacial score (nSPS) is 20.4. The summed E-state index contributed by atoms with van der Waals surface area (Å²) in [7, 11) is 2.12. The van der Waals surface area contributed by atoms with Crippen LogP contribution in [0.15, 0.2) is 18.2 Å². The first kappa shape index (κ1) is 10.9. The van der Waals surface area contributed by atoms with Crippen LogP contribution in [0, 0.1) is 0 Å². The maximum Gasteiger partial charge on any atom is 0.122 e. The molecule has 2 N–H and O–H groups in total. The Morgan fingerprint density at radius 1 is 1.41 bits per heavy atom. The van der Waals surface area contributed by atoms with E-state index in [-0.39, 0.29) is 5.54 Å². The highest BCUT2D eigenvalue weighted by atomic mass is 16.5. The first-order valence-corrected chi connectivity index (χ1v) is 6.42. The summed E-state index contributed by atoms with van der Waals surface area (Å²) in [4.78, 5) is 2.27. The van der Waals surface area contributed by atoms with Gasteiger partial charge in [-0.1, -0.05) is 0 Å². The van der Waals surface area contributed by atoms with Gasteiger partial charge >= 0.3 is 0 Å². The monoisotopic (exact) mass is 232 g/mol. The Morgan fingerprint density at radius 3 is 3.00 bits per heavy atom. The van der Waals surface area contributed by atoms with Gasteiger partial charge in [-0.3, -0.25) is 0 Å². The molecular formula is C14H20N2O. The number of nitrogens with zero attached hydrogens (tertiary/aromatic N) is 1. The highest BCUT2D eigenvalue weighted by molar-refractivity contribution is 5.53. The number of benzene rings is 1. The number of likely N-dealkylation sites (N-methyl/N-ethyl adjacent to an activating group) is 1. The summed E-state index contributed by atoms with van der Waals surface area (Å²) in [6, 6.07) is 6.48. The minimum absolute atomic E-state index is 0.0706. The molecule has 1 saturated carbocycles. The molecule has 0 aromatic heterocycles. The average Bonchev–Trinajstić information content (AvgIpc) is 3.06. The van der Waals surface area contributed by atoms with E-state index in [0.29, 0.717) is 0 Å². The predicted molar refractivity (Wildman–Crippen MR) is 69.7 cm³/mol. The van der Waals surface area contributed by atoms with Crippen molar-refractivity contribution in [1.82, 2.24) is 0 Å². The molecule has 1 heterocycles.